The molecule has 1 heterocycles. The summed E-state index contributed by atoms with van der Waals surface area (Å²) in [7, 11) is -3.47. The first-order valence-electron chi connectivity index (χ1n) is 9.05. The summed E-state index contributed by atoms with van der Waals surface area (Å²) < 4.78 is 27.3. The van der Waals surface area contributed by atoms with Crippen LogP contribution in [0.3, 0.4) is 0 Å². The fourth-order valence-electron chi connectivity index (χ4n) is 3.07. The number of aryl methyl sites for hydroxylation is 1. The molecule has 0 unspecified atom stereocenters. The second-order valence-corrected chi connectivity index (χ2v) is 8.32. The van der Waals surface area contributed by atoms with Crippen LogP contribution in [0.4, 0.5) is 0 Å². The Morgan fingerprint density at radius 3 is 2.44 bits per heavy atom. The van der Waals surface area contributed by atoms with Gasteiger partial charge in [0, 0.05) is 26.2 Å². The van der Waals surface area contributed by atoms with Crippen LogP contribution in [0.5, 0.6) is 0 Å². The van der Waals surface area contributed by atoms with E-state index in [1.807, 2.05) is 24.0 Å². The Morgan fingerprint density at radius 2 is 1.80 bits per heavy atom. The topological polar surface area (TPSA) is 69.7 Å². The van der Waals surface area contributed by atoms with Gasteiger partial charge in [0.1, 0.15) is 0 Å². The van der Waals surface area contributed by atoms with Gasteiger partial charge in [-0.05, 0) is 44.0 Å². The van der Waals surface area contributed by atoms with E-state index in [4.69, 9.17) is 0 Å². The molecular formula is C18H29N3O3S. The summed E-state index contributed by atoms with van der Waals surface area (Å²) in [4.78, 5) is 14.1. The lowest BCUT2D eigenvalue weighted by Gasteiger charge is -2.21. The zero-order valence-electron chi connectivity index (χ0n) is 15.2. The van der Waals surface area contributed by atoms with Gasteiger partial charge in [0.15, 0.2) is 0 Å². The molecule has 1 aromatic carbocycles. The van der Waals surface area contributed by atoms with Crippen molar-refractivity contribution in [3.8, 4) is 0 Å². The summed E-state index contributed by atoms with van der Waals surface area (Å²) in [5.74, 6) is -0.00896. The van der Waals surface area contributed by atoms with Crippen LogP contribution < -0.4 is 5.32 Å². The Bertz CT molecular complexity index is 659. The van der Waals surface area contributed by atoms with Crippen molar-refractivity contribution in [1.29, 1.82) is 0 Å². The maximum atomic E-state index is 12.9. The van der Waals surface area contributed by atoms with Crippen LogP contribution in [0.15, 0.2) is 29.2 Å². The molecule has 0 saturated carbocycles. The summed E-state index contributed by atoms with van der Waals surface area (Å²) in [6.07, 6.45) is 2.73. The lowest BCUT2D eigenvalue weighted by molar-refractivity contribution is -0.122. The number of amides is 1. The minimum atomic E-state index is -3.47. The van der Waals surface area contributed by atoms with E-state index >= 15 is 0 Å². The first-order valence-corrected chi connectivity index (χ1v) is 10.5. The van der Waals surface area contributed by atoms with Crippen LogP contribution >= 0.6 is 0 Å². The van der Waals surface area contributed by atoms with Gasteiger partial charge in [-0.15, -0.1) is 0 Å². The van der Waals surface area contributed by atoms with Crippen molar-refractivity contribution in [1.82, 2.24) is 14.5 Å². The van der Waals surface area contributed by atoms with Crippen LogP contribution in [0, 0.1) is 0 Å². The Hall–Kier alpha value is -1.44. The highest BCUT2D eigenvalue weighted by atomic mass is 32.2. The number of likely N-dealkylation sites (N-methyl/N-ethyl adjacent to an activating group) is 1. The zero-order valence-corrected chi connectivity index (χ0v) is 16.0. The third-order valence-corrected chi connectivity index (χ3v) is 6.30. The minimum Gasteiger partial charge on any atom is -0.355 e. The van der Waals surface area contributed by atoms with Crippen molar-refractivity contribution >= 4 is 15.9 Å². The molecule has 6 nitrogen and oxygen atoms in total. The Labute approximate surface area is 151 Å². The number of nitrogens with one attached hydrogen (secondary N) is 1. The number of nitrogens with zero attached hydrogens (tertiary/aromatic N) is 2. The zero-order chi connectivity index (χ0) is 18.3. The van der Waals surface area contributed by atoms with Gasteiger partial charge < -0.3 is 5.32 Å². The summed E-state index contributed by atoms with van der Waals surface area (Å²) in [6, 6.07) is 7.21. The molecule has 1 aliphatic heterocycles. The van der Waals surface area contributed by atoms with E-state index in [1.54, 1.807) is 16.4 Å². The van der Waals surface area contributed by atoms with E-state index < -0.39 is 10.0 Å². The van der Waals surface area contributed by atoms with E-state index in [0.29, 0.717) is 37.6 Å². The standard InChI is InChI=1S/C18H29N3O3S/c1-3-6-16-7-9-17(10-8-16)25(23,24)21-12-5-11-20(13-14-21)15-18(22)19-4-2/h7-10H,3-6,11-15H2,1-2H3,(H,19,22). The monoisotopic (exact) mass is 367 g/mol. The molecule has 7 heteroatoms. The van der Waals surface area contributed by atoms with Gasteiger partial charge in [-0.25, -0.2) is 8.42 Å². The van der Waals surface area contributed by atoms with E-state index in [1.165, 1.54) is 0 Å². The van der Waals surface area contributed by atoms with Crippen LogP contribution in [0.25, 0.3) is 0 Å². The van der Waals surface area contributed by atoms with E-state index in [9.17, 15) is 13.2 Å². The lowest BCUT2D eigenvalue weighted by atomic mass is 10.1. The number of carbonyl (C=O) groups excluding carboxylic acids is 1. The summed E-state index contributed by atoms with van der Waals surface area (Å²) in [5, 5.41) is 2.78. The number of carbonyl (C=O) groups is 1. The number of hydrogen-bond acceptors (Lipinski definition) is 4. The molecule has 1 N–H and O–H groups in total. The van der Waals surface area contributed by atoms with Crippen molar-refractivity contribution in [3.05, 3.63) is 29.8 Å². The molecule has 2 rings (SSSR count). The Kier molecular flexibility index (Phi) is 7.40. The van der Waals surface area contributed by atoms with Gasteiger partial charge in [-0.3, -0.25) is 9.69 Å². The quantitative estimate of drug-likeness (QED) is 0.792. The maximum Gasteiger partial charge on any atom is 0.243 e. The highest BCUT2D eigenvalue weighted by Crippen LogP contribution is 2.19. The van der Waals surface area contributed by atoms with Crippen molar-refractivity contribution in [2.75, 3.05) is 39.3 Å². The fraction of sp³-hybridized carbons (Fsp3) is 0.611. The summed E-state index contributed by atoms with van der Waals surface area (Å²) in [6.45, 7) is 7.15. The van der Waals surface area contributed by atoms with Gasteiger partial charge in [0.05, 0.1) is 11.4 Å². The lowest BCUT2D eigenvalue weighted by Crippen LogP contribution is -2.40. The fourth-order valence-corrected chi connectivity index (χ4v) is 4.54. The van der Waals surface area contributed by atoms with Crippen molar-refractivity contribution in [2.24, 2.45) is 0 Å². The van der Waals surface area contributed by atoms with Gasteiger partial charge in [0.2, 0.25) is 15.9 Å². The second-order valence-electron chi connectivity index (χ2n) is 6.38. The average Bonchev–Trinajstić information content (AvgIpc) is 2.82. The van der Waals surface area contributed by atoms with E-state index in [2.05, 4.69) is 12.2 Å². The van der Waals surface area contributed by atoms with Gasteiger partial charge in [-0.1, -0.05) is 25.5 Å². The highest BCUT2D eigenvalue weighted by Gasteiger charge is 2.27. The highest BCUT2D eigenvalue weighted by molar-refractivity contribution is 7.89. The maximum absolute atomic E-state index is 12.9. The van der Waals surface area contributed by atoms with Crippen LogP contribution in [0.1, 0.15) is 32.3 Å². The molecular weight excluding hydrogens is 338 g/mol. The molecule has 25 heavy (non-hydrogen) atoms. The van der Waals surface area contributed by atoms with Crippen LogP contribution in [0.2, 0.25) is 0 Å². The van der Waals surface area contributed by atoms with Gasteiger partial charge >= 0.3 is 0 Å². The molecule has 0 aromatic heterocycles. The number of hydrogen-bond donors (Lipinski definition) is 1. The summed E-state index contributed by atoms with van der Waals surface area (Å²) >= 11 is 0. The van der Waals surface area contributed by atoms with Gasteiger partial charge in [-0.2, -0.15) is 4.31 Å². The predicted octanol–water partition coefficient (Wildman–Crippen LogP) is 1.47. The van der Waals surface area contributed by atoms with Crippen molar-refractivity contribution in [2.45, 2.75) is 38.0 Å². The molecule has 1 amide bonds. The van der Waals surface area contributed by atoms with E-state index in [0.717, 1.165) is 31.4 Å². The Balaban J connectivity index is 2.01. The largest absolute Gasteiger partial charge is 0.355 e. The molecule has 0 bridgehead atoms. The van der Waals surface area contributed by atoms with Crippen LogP contribution in [-0.4, -0.2) is 62.8 Å². The van der Waals surface area contributed by atoms with Crippen LogP contribution in [-0.2, 0) is 21.2 Å². The number of rotatable bonds is 7. The molecule has 140 valence electrons. The second kappa shape index (κ2) is 9.31. The Morgan fingerprint density at radius 1 is 1.08 bits per heavy atom. The first kappa shape index (κ1) is 19.9. The average molecular weight is 368 g/mol. The molecule has 0 radical (unpaired) electrons. The molecule has 0 atom stereocenters. The van der Waals surface area contributed by atoms with Crippen molar-refractivity contribution < 1.29 is 13.2 Å². The van der Waals surface area contributed by atoms with Crippen molar-refractivity contribution in [3.63, 3.8) is 0 Å². The molecule has 0 spiro atoms. The third kappa shape index (κ3) is 5.52. The smallest absolute Gasteiger partial charge is 0.243 e. The molecule has 1 aliphatic rings. The number of sulfonamides is 1. The SMILES string of the molecule is CCCc1ccc(S(=O)(=O)N2CCCN(CC(=O)NCC)CC2)cc1. The molecule has 1 saturated heterocycles. The van der Waals surface area contributed by atoms with E-state index in [-0.39, 0.29) is 5.91 Å². The molecule has 1 aromatic rings. The normalized spacial score (nSPS) is 17.2. The first-order chi connectivity index (χ1) is 12.0. The third-order valence-electron chi connectivity index (χ3n) is 4.39. The molecule has 0 aliphatic carbocycles. The summed E-state index contributed by atoms with van der Waals surface area (Å²) in [5.41, 5.74) is 1.16. The minimum absolute atomic E-state index is 0.00896. The molecule has 1 fully saturated rings. The predicted molar refractivity (Wildman–Crippen MR) is 98.9 cm³/mol. The van der Waals surface area contributed by atoms with Gasteiger partial charge in [0.25, 0.3) is 0 Å². The number of benzene rings is 1.